The van der Waals surface area contributed by atoms with Gasteiger partial charge in [0.2, 0.25) is 0 Å². The van der Waals surface area contributed by atoms with Gasteiger partial charge in [-0.2, -0.15) is 5.26 Å². The lowest BCUT2D eigenvalue weighted by atomic mass is 9.89. The van der Waals surface area contributed by atoms with Crippen LogP contribution in [0.2, 0.25) is 0 Å². The molecule has 5 nitrogen and oxygen atoms in total. The van der Waals surface area contributed by atoms with E-state index in [1.807, 2.05) is 6.07 Å². The largest absolute Gasteiger partial charge is 0.336 e. The van der Waals surface area contributed by atoms with Gasteiger partial charge in [-0.25, -0.2) is 4.79 Å². The molecule has 0 bridgehead atoms. The van der Waals surface area contributed by atoms with Gasteiger partial charge in [-0.1, -0.05) is 36.4 Å². The van der Waals surface area contributed by atoms with Crippen molar-refractivity contribution in [3.63, 3.8) is 0 Å². The van der Waals surface area contributed by atoms with Gasteiger partial charge in [0, 0.05) is 18.3 Å². The zero-order valence-electron chi connectivity index (χ0n) is 14.7. The molecule has 0 spiro atoms. The normalized spacial score (nSPS) is 19.3. The minimum atomic E-state index is -0.242. The standard InChI is InChI=1S/C21H24N4O/c22-13-17-7-4-8-19(12-17)25-21(26)24-15-20-10-9-18(14-23-20)11-16-5-2-1-3-6-16/h1-8,12,18,20,23H,9-11,14-15H2,(H2,24,25,26)/t18-,20+/m0/s1. The lowest BCUT2D eigenvalue weighted by molar-refractivity contribution is 0.247. The number of amides is 2. The Morgan fingerprint density at radius 1 is 1.15 bits per heavy atom. The fraction of sp³-hybridized carbons (Fsp3) is 0.333. The van der Waals surface area contributed by atoms with Crippen LogP contribution in [0.4, 0.5) is 10.5 Å². The van der Waals surface area contributed by atoms with Crippen LogP contribution < -0.4 is 16.0 Å². The molecule has 2 aromatic carbocycles. The van der Waals surface area contributed by atoms with Gasteiger partial charge >= 0.3 is 6.03 Å². The van der Waals surface area contributed by atoms with Crippen LogP contribution >= 0.6 is 0 Å². The van der Waals surface area contributed by atoms with Crippen LogP contribution in [0, 0.1) is 17.2 Å². The van der Waals surface area contributed by atoms with E-state index in [0.29, 0.717) is 29.8 Å². The average molecular weight is 348 g/mol. The number of nitrogens with zero attached hydrogens (tertiary/aromatic N) is 1. The van der Waals surface area contributed by atoms with E-state index in [-0.39, 0.29) is 6.03 Å². The zero-order valence-corrected chi connectivity index (χ0v) is 14.7. The predicted octanol–water partition coefficient (Wildman–Crippen LogP) is 3.29. The third kappa shape index (κ3) is 5.33. The Morgan fingerprint density at radius 2 is 2.00 bits per heavy atom. The molecular formula is C21H24N4O. The van der Waals surface area contributed by atoms with Crippen molar-refractivity contribution in [2.45, 2.75) is 25.3 Å². The van der Waals surface area contributed by atoms with E-state index in [2.05, 4.69) is 46.3 Å². The molecule has 1 saturated heterocycles. The van der Waals surface area contributed by atoms with E-state index in [1.54, 1.807) is 24.3 Å². The summed E-state index contributed by atoms with van der Waals surface area (Å²) in [6, 6.07) is 19.6. The second-order valence-electron chi connectivity index (χ2n) is 6.77. The summed E-state index contributed by atoms with van der Waals surface area (Å²) >= 11 is 0. The lowest BCUT2D eigenvalue weighted by Gasteiger charge is -2.30. The number of urea groups is 1. The molecule has 0 radical (unpaired) electrons. The summed E-state index contributed by atoms with van der Waals surface area (Å²) in [7, 11) is 0. The fourth-order valence-electron chi connectivity index (χ4n) is 3.33. The van der Waals surface area contributed by atoms with Crippen LogP contribution in [0.5, 0.6) is 0 Å². The molecule has 1 fully saturated rings. The molecule has 1 aliphatic rings. The van der Waals surface area contributed by atoms with Crippen LogP contribution in [-0.2, 0) is 6.42 Å². The maximum atomic E-state index is 12.0. The highest BCUT2D eigenvalue weighted by molar-refractivity contribution is 5.89. The Morgan fingerprint density at radius 3 is 2.73 bits per heavy atom. The molecule has 2 aromatic rings. The second-order valence-corrected chi connectivity index (χ2v) is 6.77. The molecular weight excluding hydrogens is 324 g/mol. The Hall–Kier alpha value is -2.84. The first kappa shape index (κ1) is 18.0. The Bertz CT molecular complexity index is 761. The number of piperidine rings is 1. The molecule has 1 aliphatic heterocycles. The van der Waals surface area contributed by atoms with Gasteiger partial charge in [0.15, 0.2) is 0 Å². The summed E-state index contributed by atoms with van der Waals surface area (Å²) in [5, 5.41) is 18.1. The Labute approximate surface area is 154 Å². The average Bonchev–Trinajstić information content (AvgIpc) is 2.68. The van der Waals surface area contributed by atoms with Crippen molar-refractivity contribution in [1.82, 2.24) is 10.6 Å². The van der Waals surface area contributed by atoms with Crippen molar-refractivity contribution in [3.8, 4) is 6.07 Å². The van der Waals surface area contributed by atoms with Crippen molar-refractivity contribution < 1.29 is 4.79 Å². The van der Waals surface area contributed by atoms with Gasteiger partial charge < -0.3 is 16.0 Å². The van der Waals surface area contributed by atoms with Crippen molar-refractivity contribution in [2.24, 2.45) is 5.92 Å². The van der Waals surface area contributed by atoms with E-state index in [0.717, 1.165) is 19.4 Å². The zero-order chi connectivity index (χ0) is 18.2. The van der Waals surface area contributed by atoms with Crippen molar-refractivity contribution in [2.75, 3.05) is 18.4 Å². The van der Waals surface area contributed by atoms with E-state index in [1.165, 1.54) is 12.0 Å². The van der Waals surface area contributed by atoms with Gasteiger partial charge in [-0.3, -0.25) is 0 Å². The quantitative estimate of drug-likeness (QED) is 0.776. The fourth-order valence-corrected chi connectivity index (χ4v) is 3.33. The molecule has 2 atom stereocenters. The summed E-state index contributed by atoms with van der Waals surface area (Å²) in [5.41, 5.74) is 2.54. The van der Waals surface area contributed by atoms with E-state index in [4.69, 9.17) is 5.26 Å². The molecule has 3 rings (SSSR count). The maximum Gasteiger partial charge on any atom is 0.319 e. The number of rotatable bonds is 5. The summed E-state index contributed by atoms with van der Waals surface area (Å²) < 4.78 is 0. The summed E-state index contributed by atoms with van der Waals surface area (Å²) in [6.45, 7) is 1.58. The SMILES string of the molecule is N#Cc1cccc(NC(=O)NC[C@H]2CC[C@@H](Cc3ccccc3)CN2)c1. The van der Waals surface area contributed by atoms with Gasteiger partial charge in [0.25, 0.3) is 0 Å². The molecule has 0 saturated carbocycles. The number of hydrogen-bond acceptors (Lipinski definition) is 3. The molecule has 3 N–H and O–H groups in total. The smallest absolute Gasteiger partial charge is 0.319 e. The first-order chi connectivity index (χ1) is 12.7. The first-order valence-electron chi connectivity index (χ1n) is 9.05. The topological polar surface area (TPSA) is 77.0 Å². The second kappa shape index (κ2) is 9.02. The van der Waals surface area contributed by atoms with Gasteiger partial charge in [-0.05, 0) is 55.5 Å². The first-order valence-corrected chi connectivity index (χ1v) is 9.05. The summed E-state index contributed by atoms with van der Waals surface area (Å²) in [5.74, 6) is 0.649. The van der Waals surface area contributed by atoms with Crippen LogP contribution in [0.15, 0.2) is 54.6 Å². The number of carbonyl (C=O) groups is 1. The van der Waals surface area contributed by atoms with Crippen LogP contribution in [0.3, 0.4) is 0 Å². The molecule has 5 heteroatoms. The molecule has 1 heterocycles. The van der Waals surface area contributed by atoms with Crippen LogP contribution in [0.1, 0.15) is 24.0 Å². The molecule has 0 unspecified atom stereocenters. The molecule has 26 heavy (non-hydrogen) atoms. The van der Waals surface area contributed by atoms with Crippen LogP contribution in [-0.4, -0.2) is 25.2 Å². The third-order valence-electron chi connectivity index (χ3n) is 4.74. The van der Waals surface area contributed by atoms with Gasteiger partial charge in [-0.15, -0.1) is 0 Å². The summed E-state index contributed by atoms with van der Waals surface area (Å²) in [6.07, 6.45) is 3.32. The van der Waals surface area contributed by atoms with E-state index >= 15 is 0 Å². The lowest BCUT2D eigenvalue weighted by Crippen LogP contribution is -2.47. The minimum Gasteiger partial charge on any atom is -0.336 e. The predicted molar refractivity (Wildman–Crippen MR) is 103 cm³/mol. The number of hydrogen-bond donors (Lipinski definition) is 3. The number of nitriles is 1. The monoisotopic (exact) mass is 348 g/mol. The number of anilines is 1. The molecule has 0 aliphatic carbocycles. The van der Waals surface area contributed by atoms with Crippen molar-refractivity contribution >= 4 is 11.7 Å². The minimum absolute atomic E-state index is 0.242. The highest BCUT2D eigenvalue weighted by Crippen LogP contribution is 2.19. The highest BCUT2D eigenvalue weighted by Gasteiger charge is 2.21. The number of benzene rings is 2. The third-order valence-corrected chi connectivity index (χ3v) is 4.74. The van der Waals surface area contributed by atoms with Crippen LogP contribution in [0.25, 0.3) is 0 Å². The summed E-state index contributed by atoms with van der Waals surface area (Å²) in [4.78, 5) is 12.0. The maximum absolute atomic E-state index is 12.0. The Balaban J connectivity index is 1.38. The van der Waals surface area contributed by atoms with Crippen molar-refractivity contribution in [3.05, 3.63) is 65.7 Å². The van der Waals surface area contributed by atoms with Crippen molar-refractivity contribution in [1.29, 1.82) is 5.26 Å². The van der Waals surface area contributed by atoms with E-state index in [9.17, 15) is 4.79 Å². The molecule has 0 aromatic heterocycles. The molecule has 134 valence electrons. The number of nitrogens with one attached hydrogen (secondary N) is 3. The Kier molecular flexibility index (Phi) is 6.24. The number of carbonyl (C=O) groups excluding carboxylic acids is 1. The van der Waals surface area contributed by atoms with Gasteiger partial charge in [0.05, 0.1) is 11.6 Å². The highest BCUT2D eigenvalue weighted by atomic mass is 16.2. The van der Waals surface area contributed by atoms with Gasteiger partial charge in [0.1, 0.15) is 0 Å². The molecule has 2 amide bonds. The van der Waals surface area contributed by atoms with E-state index < -0.39 is 0 Å².